The number of aromatic nitrogens is 1. The summed E-state index contributed by atoms with van der Waals surface area (Å²) < 4.78 is 0. The third-order valence-corrected chi connectivity index (χ3v) is 2.90. The Morgan fingerprint density at radius 3 is 2.47 bits per heavy atom. The minimum Gasteiger partial charge on any atom is -0.481 e. The maximum Gasteiger partial charge on any atom is 0.312 e. The number of carbonyl (C=O) groups is 1. The second kappa shape index (κ2) is 4.53. The number of nitrogens with zero attached hydrogens (tertiary/aromatic N) is 1. The van der Waals surface area contributed by atoms with Crippen molar-refractivity contribution in [2.45, 2.75) is 19.8 Å². The smallest absolute Gasteiger partial charge is 0.312 e. The first-order valence-corrected chi connectivity index (χ1v) is 5.67. The van der Waals surface area contributed by atoms with Crippen LogP contribution in [0, 0.1) is 5.92 Å². The van der Waals surface area contributed by atoms with E-state index >= 15 is 0 Å². The van der Waals surface area contributed by atoms with Crippen molar-refractivity contribution in [3.05, 3.63) is 42.2 Å². The van der Waals surface area contributed by atoms with Crippen LogP contribution in [0.3, 0.4) is 0 Å². The van der Waals surface area contributed by atoms with Crippen LogP contribution in [0.25, 0.3) is 10.8 Å². The molecule has 1 unspecified atom stereocenters. The monoisotopic (exact) mass is 229 g/mol. The SMILES string of the molecule is CC(C)C(C(=O)O)c1cc2ccccc2cn1. The third-order valence-electron chi connectivity index (χ3n) is 2.90. The molecule has 2 rings (SSSR count). The second-order valence-electron chi connectivity index (χ2n) is 4.52. The molecule has 0 spiro atoms. The highest BCUT2D eigenvalue weighted by Gasteiger charge is 2.24. The van der Waals surface area contributed by atoms with Crippen LogP contribution in [0.1, 0.15) is 25.5 Å². The molecule has 17 heavy (non-hydrogen) atoms. The summed E-state index contributed by atoms with van der Waals surface area (Å²) >= 11 is 0. The summed E-state index contributed by atoms with van der Waals surface area (Å²) in [5.74, 6) is -1.33. The highest BCUT2D eigenvalue weighted by atomic mass is 16.4. The average molecular weight is 229 g/mol. The lowest BCUT2D eigenvalue weighted by atomic mass is 9.91. The van der Waals surface area contributed by atoms with Gasteiger partial charge in [-0.15, -0.1) is 0 Å². The van der Waals surface area contributed by atoms with Crippen molar-refractivity contribution < 1.29 is 9.90 Å². The van der Waals surface area contributed by atoms with Crippen molar-refractivity contribution in [2.75, 3.05) is 0 Å². The number of hydrogen-bond acceptors (Lipinski definition) is 2. The predicted octanol–water partition coefficient (Wildman–Crippen LogP) is 3.06. The lowest BCUT2D eigenvalue weighted by molar-refractivity contribution is -0.140. The van der Waals surface area contributed by atoms with Crippen LogP contribution in [-0.2, 0) is 4.79 Å². The molecule has 0 saturated carbocycles. The van der Waals surface area contributed by atoms with E-state index in [0.717, 1.165) is 10.8 Å². The fourth-order valence-electron chi connectivity index (χ4n) is 2.02. The summed E-state index contributed by atoms with van der Waals surface area (Å²) in [6, 6.07) is 9.70. The van der Waals surface area contributed by atoms with E-state index < -0.39 is 11.9 Å². The Labute approximate surface area is 100 Å². The van der Waals surface area contributed by atoms with Gasteiger partial charge in [-0.05, 0) is 17.4 Å². The summed E-state index contributed by atoms with van der Waals surface area (Å²) in [5, 5.41) is 11.3. The molecular formula is C14H15NO2. The molecule has 3 heteroatoms. The van der Waals surface area contributed by atoms with Crippen LogP contribution in [0.5, 0.6) is 0 Å². The van der Waals surface area contributed by atoms with Gasteiger partial charge in [0.2, 0.25) is 0 Å². The Morgan fingerprint density at radius 2 is 1.88 bits per heavy atom. The molecule has 2 aromatic rings. The van der Waals surface area contributed by atoms with E-state index in [9.17, 15) is 9.90 Å². The van der Waals surface area contributed by atoms with E-state index in [1.54, 1.807) is 6.20 Å². The van der Waals surface area contributed by atoms with Gasteiger partial charge in [-0.1, -0.05) is 38.1 Å². The number of carboxylic acids is 1. The van der Waals surface area contributed by atoms with Crippen molar-refractivity contribution in [1.29, 1.82) is 0 Å². The van der Waals surface area contributed by atoms with Crippen LogP contribution in [0.15, 0.2) is 36.5 Å². The van der Waals surface area contributed by atoms with Gasteiger partial charge in [0, 0.05) is 11.6 Å². The number of benzene rings is 1. The van der Waals surface area contributed by atoms with Crippen molar-refractivity contribution in [3.8, 4) is 0 Å². The zero-order chi connectivity index (χ0) is 12.4. The van der Waals surface area contributed by atoms with Crippen molar-refractivity contribution >= 4 is 16.7 Å². The molecule has 0 fully saturated rings. The molecule has 1 atom stereocenters. The van der Waals surface area contributed by atoms with Crippen LogP contribution in [0.4, 0.5) is 0 Å². The quantitative estimate of drug-likeness (QED) is 0.880. The Kier molecular flexibility index (Phi) is 3.09. The molecular weight excluding hydrogens is 214 g/mol. The number of fused-ring (bicyclic) bond motifs is 1. The first kappa shape index (κ1) is 11.6. The standard InChI is InChI=1S/C14H15NO2/c1-9(2)13(14(16)17)12-7-10-5-3-4-6-11(10)8-15-12/h3-9,13H,1-2H3,(H,16,17). The fraction of sp³-hybridized carbons (Fsp3) is 0.286. The highest BCUT2D eigenvalue weighted by Crippen LogP contribution is 2.25. The number of carboxylic acid groups (broad SMARTS) is 1. The van der Waals surface area contributed by atoms with Gasteiger partial charge in [-0.2, -0.15) is 0 Å². The molecule has 0 radical (unpaired) electrons. The van der Waals surface area contributed by atoms with Crippen molar-refractivity contribution in [1.82, 2.24) is 4.98 Å². The molecule has 1 N–H and O–H groups in total. The summed E-state index contributed by atoms with van der Waals surface area (Å²) in [7, 11) is 0. The highest BCUT2D eigenvalue weighted by molar-refractivity contribution is 5.84. The number of rotatable bonds is 3. The first-order valence-electron chi connectivity index (χ1n) is 5.67. The maximum absolute atomic E-state index is 11.2. The predicted molar refractivity (Wildman–Crippen MR) is 67.0 cm³/mol. The molecule has 0 aliphatic carbocycles. The number of pyridine rings is 1. The van der Waals surface area contributed by atoms with Gasteiger partial charge in [-0.3, -0.25) is 9.78 Å². The molecule has 0 bridgehead atoms. The zero-order valence-corrected chi connectivity index (χ0v) is 9.92. The van der Waals surface area contributed by atoms with Gasteiger partial charge in [0.1, 0.15) is 5.92 Å². The van der Waals surface area contributed by atoms with Crippen molar-refractivity contribution in [2.24, 2.45) is 5.92 Å². The average Bonchev–Trinajstić information content (AvgIpc) is 2.28. The summed E-state index contributed by atoms with van der Waals surface area (Å²) in [5.41, 5.74) is 0.631. The minimum atomic E-state index is -0.817. The van der Waals surface area contributed by atoms with Crippen LogP contribution in [-0.4, -0.2) is 16.1 Å². The first-order chi connectivity index (χ1) is 8.09. The second-order valence-corrected chi connectivity index (χ2v) is 4.52. The molecule has 0 aliphatic heterocycles. The number of aliphatic carboxylic acids is 1. The largest absolute Gasteiger partial charge is 0.481 e. The van der Waals surface area contributed by atoms with Gasteiger partial charge in [0.25, 0.3) is 0 Å². The number of hydrogen-bond donors (Lipinski definition) is 1. The molecule has 1 heterocycles. The summed E-state index contributed by atoms with van der Waals surface area (Å²) in [6.07, 6.45) is 1.74. The van der Waals surface area contributed by atoms with Crippen LogP contribution in [0.2, 0.25) is 0 Å². The van der Waals surface area contributed by atoms with Gasteiger partial charge < -0.3 is 5.11 Å². The third kappa shape index (κ3) is 2.28. The zero-order valence-electron chi connectivity index (χ0n) is 9.92. The molecule has 1 aromatic heterocycles. The molecule has 88 valence electrons. The minimum absolute atomic E-state index is 0.0289. The van der Waals surface area contributed by atoms with E-state index in [1.807, 2.05) is 44.2 Å². The summed E-state index contributed by atoms with van der Waals surface area (Å²) in [4.78, 5) is 15.5. The molecule has 3 nitrogen and oxygen atoms in total. The maximum atomic E-state index is 11.2. The van der Waals surface area contributed by atoms with Crippen molar-refractivity contribution in [3.63, 3.8) is 0 Å². The lowest BCUT2D eigenvalue weighted by Gasteiger charge is -2.15. The Morgan fingerprint density at radius 1 is 1.24 bits per heavy atom. The summed E-state index contributed by atoms with van der Waals surface area (Å²) in [6.45, 7) is 3.80. The van der Waals surface area contributed by atoms with Gasteiger partial charge in [0.15, 0.2) is 0 Å². The Balaban J connectivity index is 2.51. The normalized spacial score (nSPS) is 12.9. The van der Waals surface area contributed by atoms with E-state index in [-0.39, 0.29) is 5.92 Å². The fourth-order valence-corrected chi connectivity index (χ4v) is 2.02. The van der Waals surface area contributed by atoms with Gasteiger partial charge in [0.05, 0.1) is 5.69 Å². The molecule has 1 aromatic carbocycles. The van der Waals surface area contributed by atoms with Crippen LogP contribution < -0.4 is 0 Å². The van der Waals surface area contributed by atoms with E-state index in [1.165, 1.54) is 0 Å². The molecule has 0 aliphatic rings. The van der Waals surface area contributed by atoms with E-state index in [4.69, 9.17) is 0 Å². The van der Waals surface area contributed by atoms with E-state index in [0.29, 0.717) is 5.69 Å². The van der Waals surface area contributed by atoms with Gasteiger partial charge in [-0.25, -0.2) is 0 Å². The van der Waals surface area contributed by atoms with E-state index in [2.05, 4.69) is 4.98 Å². The van der Waals surface area contributed by atoms with Crippen LogP contribution >= 0.6 is 0 Å². The Bertz CT molecular complexity index is 549. The topological polar surface area (TPSA) is 50.2 Å². The Hall–Kier alpha value is -1.90. The lowest BCUT2D eigenvalue weighted by Crippen LogP contribution is -2.18. The molecule has 0 amide bonds. The van der Waals surface area contributed by atoms with Gasteiger partial charge >= 0.3 is 5.97 Å². The molecule has 0 saturated heterocycles.